The molecule has 0 aliphatic heterocycles. The Labute approximate surface area is 164 Å². The van der Waals surface area contributed by atoms with E-state index < -0.39 is 12.0 Å². The summed E-state index contributed by atoms with van der Waals surface area (Å²) in [6.45, 7) is 0. The van der Waals surface area contributed by atoms with Gasteiger partial charge in [0.15, 0.2) is 5.76 Å². The molecular formula is C19H15N3O5S. The Morgan fingerprint density at radius 2 is 1.68 bits per heavy atom. The van der Waals surface area contributed by atoms with Gasteiger partial charge in [0.05, 0.1) is 11.8 Å². The predicted molar refractivity (Wildman–Crippen MR) is 105 cm³/mol. The fourth-order valence-electron chi connectivity index (χ4n) is 2.20. The van der Waals surface area contributed by atoms with Gasteiger partial charge in [-0.2, -0.15) is 0 Å². The SMILES string of the molecule is O=C(NSc1ccc(NC(=O)c2ccco2)cc1)Nc1cccc(C(=O)O)c1. The Morgan fingerprint density at radius 1 is 0.893 bits per heavy atom. The minimum Gasteiger partial charge on any atom is -0.478 e. The number of amides is 3. The summed E-state index contributed by atoms with van der Waals surface area (Å²) in [6.07, 6.45) is 1.42. The van der Waals surface area contributed by atoms with Crippen molar-refractivity contribution in [1.29, 1.82) is 0 Å². The molecule has 0 fully saturated rings. The maximum absolute atomic E-state index is 12.0. The highest BCUT2D eigenvalue weighted by Crippen LogP contribution is 2.19. The van der Waals surface area contributed by atoms with Gasteiger partial charge in [0, 0.05) is 16.3 Å². The third kappa shape index (κ3) is 5.15. The predicted octanol–water partition coefficient (Wildman–Crippen LogP) is 4.06. The highest BCUT2D eigenvalue weighted by Gasteiger charge is 2.09. The van der Waals surface area contributed by atoms with Crippen molar-refractivity contribution >= 4 is 41.2 Å². The molecule has 3 amide bonds. The first-order valence-corrected chi connectivity index (χ1v) is 8.85. The van der Waals surface area contributed by atoms with E-state index in [0.29, 0.717) is 11.4 Å². The standard InChI is InChI=1S/C19H15N3O5S/c23-17(16-5-2-10-27-16)20-13-6-8-15(9-7-13)28-22-19(26)21-14-4-1-3-12(11-14)18(24)25/h1-11H,(H,20,23)(H,24,25)(H2,21,22,26). The highest BCUT2D eigenvalue weighted by molar-refractivity contribution is 7.98. The van der Waals surface area contributed by atoms with Gasteiger partial charge in [0.2, 0.25) is 0 Å². The maximum Gasteiger partial charge on any atom is 0.335 e. The second-order valence-electron chi connectivity index (χ2n) is 5.50. The van der Waals surface area contributed by atoms with E-state index in [4.69, 9.17) is 9.52 Å². The molecule has 3 rings (SSSR count). The number of aromatic carboxylic acids is 1. The van der Waals surface area contributed by atoms with Crippen LogP contribution in [0.2, 0.25) is 0 Å². The van der Waals surface area contributed by atoms with Crippen LogP contribution in [-0.4, -0.2) is 23.0 Å². The van der Waals surface area contributed by atoms with Gasteiger partial charge in [0.25, 0.3) is 5.91 Å². The van der Waals surface area contributed by atoms with Gasteiger partial charge in [-0.25, -0.2) is 9.59 Å². The number of nitrogens with one attached hydrogen (secondary N) is 3. The minimum absolute atomic E-state index is 0.0811. The molecule has 9 heteroatoms. The number of hydrogen-bond donors (Lipinski definition) is 4. The number of urea groups is 1. The zero-order valence-corrected chi connectivity index (χ0v) is 15.2. The summed E-state index contributed by atoms with van der Waals surface area (Å²) in [5, 5.41) is 14.2. The van der Waals surface area contributed by atoms with Crippen molar-refractivity contribution in [3.63, 3.8) is 0 Å². The molecule has 0 bridgehead atoms. The quantitative estimate of drug-likeness (QED) is 0.466. The molecule has 0 saturated carbocycles. The molecule has 3 aromatic rings. The number of rotatable bonds is 6. The van der Waals surface area contributed by atoms with E-state index in [1.54, 1.807) is 48.5 Å². The molecule has 8 nitrogen and oxygen atoms in total. The van der Waals surface area contributed by atoms with Crippen molar-refractivity contribution in [3.05, 3.63) is 78.3 Å². The molecule has 0 radical (unpaired) electrons. The Bertz CT molecular complexity index is 987. The molecule has 2 aromatic carbocycles. The van der Waals surface area contributed by atoms with Crippen LogP contribution in [0.15, 0.2) is 76.2 Å². The van der Waals surface area contributed by atoms with Crippen molar-refractivity contribution in [1.82, 2.24) is 4.72 Å². The number of carboxylic acids is 1. The summed E-state index contributed by atoms with van der Waals surface area (Å²) in [5.74, 6) is -1.21. The lowest BCUT2D eigenvalue weighted by atomic mass is 10.2. The number of carbonyl (C=O) groups excluding carboxylic acids is 2. The number of hydrogen-bond acceptors (Lipinski definition) is 5. The Balaban J connectivity index is 1.50. The Hall–Kier alpha value is -3.72. The Kier molecular flexibility index (Phi) is 5.97. The average molecular weight is 397 g/mol. The number of furan rings is 1. The van der Waals surface area contributed by atoms with Gasteiger partial charge >= 0.3 is 12.0 Å². The molecule has 1 aromatic heterocycles. The van der Waals surface area contributed by atoms with Crippen LogP contribution in [0.4, 0.5) is 16.2 Å². The van der Waals surface area contributed by atoms with Crippen LogP contribution >= 0.6 is 11.9 Å². The molecule has 28 heavy (non-hydrogen) atoms. The van der Waals surface area contributed by atoms with Gasteiger partial charge in [0.1, 0.15) is 0 Å². The molecule has 0 saturated heterocycles. The van der Waals surface area contributed by atoms with E-state index in [0.717, 1.165) is 16.8 Å². The Morgan fingerprint density at radius 3 is 2.36 bits per heavy atom. The summed E-state index contributed by atoms with van der Waals surface area (Å²) in [6, 6.07) is 15.5. The molecule has 4 N–H and O–H groups in total. The topological polar surface area (TPSA) is 121 Å². The third-order valence-corrected chi connectivity index (χ3v) is 4.28. The fourth-order valence-corrected chi connectivity index (χ4v) is 2.73. The van der Waals surface area contributed by atoms with Crippen molar-refractivity contribution in [3.8, 4) is 0 Å². The lowest BCUT2D eigenvalue weighted by molar-refractivity contribution is 0.0696. The normalized spacial score (nSPS) is 10.1. The van der Waals surface area contributed by atoms with Crippen LogP contribution in [0.25, 0.3) is 0 Å². The van der Waals surface area contributed by atoms with Crippen molar-refractivity contribution in [2.45, 2.75) is 4.90 Å². The van der Waals surface area contributed by atoms with Crippen LogP contribution in [0, 0.1) is 0 Å². The summed E-state index contributed by atoms with van der Waals surface area (Å²) in [4.78, 5) is 35.5. The van der Waals surface area contributed by atoms with E-state index in [1.165, 1.54) is 18.4 Å². The summed E-state index contributed by atoms with van der Waals surface area (Å²) < 4.78 is 7.62. The zero-order chi connectivity index (χ0) is 19.9. The molecule has 0 atom stereocenters. The number of carboxylic acid groups (broad SMARTS) is 1. The molecule has 1 heterocycles. The largest absolute Gasteiger partial charge is 0.478 e. The van der Waals surface area contributed by atoms with Gasteiger partial charge < -0.3 is 20.2 Å². The van der Waals surface area contributed by atoms with Crippen LogP contribution in [0.3, 0.4) is 0 Å². The summed E-state index contributed by atoms with van der Waals surface area (Å²) >= 11 is 1.07. The average Bonchev–Trinajstić information content (AvgIpc) is 3.23. The smallest absolute Gasteiger partial charge is 0.335 e. The summed E-state index contributed by atoms with van der Waals surface area (Å²) in [7, 11) is 0. The van der Waals surface area contributed by atoms with E-state index in [2.05, 4.69) is 15.4 Å². The number of benzene rings is 2. The van der Waals surface area contributed by atoms with Crippen molar-refractivity contribution in [2.75, 3.05) is 10.6 Å². The van der Waals surface area contributed by atoms with E-state index in [9.17, 15) is 14.4 Å². The molecule has 0 spiro atoms. The second-order valence-corrected chi connectivity index (χ2v) is 6.38. The number of carbonyl (C=O) groups is 3. The molecule has 142 valence electrons. The first-order valence-electron chi connectivity index (χ1n) is 8.03. The number of anilines is 2. The van der Waals surface area contributed by atoms with E-state index >= 15 is 0 Å². The van der Waals surface area contributed by atoms with Crippen molar-refractivity contribution < 1.29 is 23.9 Å². The van der Waals surface area contributed by atoms with Crippen LogP contribution in [0.5, 0.6) is 0 Å². The zero-order valence-electron chi connectivity index (χ0n) is 14.3. The lowest BCUT2D eigenvalue weighted by Gasteiger charge is -2.08. The lowest BCUT2D eigenvalue weighted by Crippen LogP contribution is -2.22. The highest BCUT2D eigenvalue weighted by atomic mass is 32.2. The molecule has 0 unspecified atom stereocenters. The van der Waals surface area contributed by atoms with Crippen molar-refractivity contribution in [2.24, 2.45) is 0 Å². The molecule has 0 aliphatic rings. The monoisotopic (exact) mass is 397 g/mol. The summed E-state index contributed by atoms with van der Waals surface area (Å²) in [5.41, 5.74) is 1.03. The van der Waals surface area contributed by atoms with E-state index in [-0.39, 0.29) is 17.2 Å². The second kappa shape index (κ2) is 8.78. The van der Waals surface area contributed by atoms with Gasteiger partial charge in [-0.1, -0.05) is 6.07 Å². The van der Waals surface area contributed by atoms with Gasteiger partial charge in [-0.15, -0.1) is 0 Å². The van der Waals surface area contributed by atoms with Gasteiger partial charge in [-0.05, 0) is 66.5 Å². The molecule has 0 aliphatic carbocycles. The first-order chi connectivity index (χ1) is 13.5. The first kappa shape index (κ1) is 19.1. The van der Waals surface area contributed by atoms with Crippen LogP contribution < -0.4 is 15.4 Å². The maximum atomic E-state index is 12.0. The molecular weight excluding hydrogens is 382 g/mol. The fraction of sp³-hybridized carbons (Fsp3) is 0. The van der Waals surface area contributed by atoms with E-state index in [1.807, 2.05) is 0 Å². The third-order valence-electron chi connectivity index (χ3n) is 3.49. The van der Waals surface area contributed by atoms with Crippen LogP contribution in [-0.2, 0) is 0 Å². The van der Waals surface area contributed by atoms with Gasteiger partial charge in [-0.3, -0.25) is 9.52 Å². The minimum atomic E-state index is -1.07. The van der Waals surface area contributed by atoms with Crippen LogP contribution in [0.1, 0.15) is 20.9 Å².